The van der Waals surface area contributed by atoms with Crippen molar-refractivity contribution in [1.29, 1.82) is 0 Å². The number of benzene rings is 1. The molecule has 0 radical (unpaired) electrons. The zero-order valence-corrected chi connectivity index (χ0v) is 17.3. The summed E-state index contributed by atoms with van der Waals surface area (Å²) in [6.07, 6.45) is 4.98. The van der Waals surface area contributed by atoms with Crippen molar-refractivity contribution in [3.63, 3.8) is 0 Å². The number of carbonyl (C=O) groups excluding carboxylic acids is 1. The van der Waals surface area contributed by atoms with Crippen LogP contribution in [0.25, 0.3) is 10.8 Å². The second-order valence-corrected chi connectivity index (χ2v) is 7.74. The normalized spacial score (nSPS) is 15.2. The topological polar surface area (TPSA) is 93.0 Å². The first-order chi connectivity index (χ1) is 14.5. The molecule has 0 spiro atoms. The fourth-order valence-corrected chi connectivity index (χ4v) is 3.85. The zero-order chi connectivity index (χ0) is 21.1. The van der Waals surface area contributed by atoms with Crippen LogP contribution in [-0.4, -0.2) is 49.7 Å². The van der Waals surface area contributed by atoms with Crippen molar-refractivity contribution in [2.75, 3.05) is 18.4 Å². The van der Waals surface area contributed by atoms with Gasteiger partial charge in [-0.05, 0) is 39.2 Å². The maximum absolute atomic E-state index is 12.7. The third-order valence-electron chi connectivity index (χ3n) is 5.37. The molecule has 2 aromatic heterocycles. The molecular weight excluding hydrogens is 380 g/mol. The standard InChI is InChI=1S/C22H26N6O2/c1-15(21(29)27-10-6-3-7-11-27)24-20-12-18(25-16(2)26-20)14-28-22(30)19-9-5-4-8-17(19)13-23-28/h4-5,8-9,12-13,15H,3,6-7,10-11,14H2,1-2H3,(H,24,25,26). The number of hydrogen-bond acceptors (Lipinski definition) is 6. The van der Waals surface area contributed by atoms with Gasteiger partial charge in [-0.2, -0.15) is 5.10 Å². The van der Waals surface area contributed by atoms with Crippen molar-refractivity contribution >= 4 is 22.5 Å². The van der Waals surface area contributed by atoms with E-state index < -0.39 is 0 Å². The van der Waals surface area contributed by atoms with Crippen LogP contribution in [0, 0.1) is 6.92 Å². The van der Waals surface area contributed by atoms with Gasteiger partial charge in [-0.3, -0.25) is 9.59 Å². The van der Waals surface area contributed by atoms with Gasteiger partial charge >= 0.3 is 0 Å². The fourth-order valence-electron chi connectivity index (χ4n) is 3.85. The highest BCUT2D eigenvalue weighted by atomic mass is 16.2. The molecule has 8 heteroatoms. The maximum Gasteiger partial charge on any atom is 0.274 e. The number of aromatic nitrogens is 4. The van der Waals surface area contributed by atoms with Crippen molar-refractivity contribution in [2.24, 2.45) is 0 Å². The molecule has 1 saturated heterocycles. The van der Waals surface area contributed by atoms with Crippen LogP contribution in [0.1, 0.15) is 37.7 Å². The van der Waals surface area contributed by atoms with Crippen LogP contribution in [0.2, 0.25) is 0 Å². The van der Waals surface area contributed by atoms with E-state index in [1.807, 2.05) is 30.0 Å². The summed E-state index contributed by atoms with van der Waals surface area (Å²) in [5, 5.41) is 8.91. The molecular formula is C22H26N6O2. The van der Waals surface area contributed by atoms with E-state index >= 15 is 0 Å². The molecule has 4 rings (SSSR count). The highest BCUT2D eigenvalue weighted by molar-refractivity contribution is 5.84. The lowest BCUT2D eigenvalue weighted by Gasteiger charge is -2.29. The molecule has 1 unspecified atom stereocenters. The van der Waals surface area contributed by atoms with Gasteiger partial charge in [0, 0.05) is 24.5 Å². The number of amides is 1. The summed E-state index contributed by atoms with van der Waals surface area (Å²) in [6.45, 7) is 5.51. The van der Waals surface area contributed by atoms with Crippen molar-refractivity contribution in [2.45, 2.75) is 45.7 Å². The minimum Gasteiger partial charge on any atom is -0.359 e. The van der Waals surface area contributed by atoms with Gasteiger partial charge in [0.1, 0.15) is 17.7 Å². The van der Waals surface area contributed by atoms with Gasteiger partial charge in [0.05, 0.1) is 23.8 Å². The van der Waals surface area contributed by atoms with E-state index in [1.165, 1.54) is 11.1 Å². The quantitative estimate of drug-likeness (QED) is 0.699. The molecule has 3 heterocycles. The molecule has 1 fully saturated rings. The predicted molar refractivity (Wildman–Crippen MR) is 115 cm³/mol. The third-order valence-corrected chi connectivity index (χ3v) is 5.37. The maximum atomic E-state index is 12.7. The van der Waals surface area contributed by atoms with Crippen LogP contribution >= 0.6 is 0 Å². The van der Waals surface area contributed by atoms with Crippen LogP contribution < -0.4 is 10.9 Å². The Morgan fingerprint density at radius 1 is 1.17 bits per heavy atom. The molecule has 1 aliphatic heterocycles. The lowest BCUT2D eigenvalue weighted by Crippen LogP contribution is -2.44. The van der Waals surface area contributed by atoms with Crippen molar-refractivity contribution < 1.29 is 4.79 Å². The molecule has 1 atom stereocenters. The molecule has 1 N–H and O–H groups in total. The third kappa shape index (κ3) is 4.32. The van der Waals surface area contributed by atoms with Gasteiger partial charge in [-0.15, -0.1) is 0 Å². The van der Waals surface area contributed by atoms with Gasteiger partial charge in [0.15, 0.2) is 0 Å². The first kappa shape index (κ1) is 20.0. The minimum absolute atomic E-state index is 0.0833. The second-order valence-electron chi connectivity index (χ2n) is 7.74. The lowest BCUT2D eigenvalue weighted by molar-refractivity contribution is -0.132. The Labute approximate surface area is 175 Å². The highest BCUT2D eigenvalue weighted by Gasteiger charge is 2.22. The van der Waals surface area contributed by atoms with Crippen LogP contribution in [0.3, 0.4) is 0 Å². The molecule has 3 aromatic rings. The van der Waals surface area contributed by atoms with E-state index in [9.17, 15) is 9.59 Å². The van der Waals surface area contributed by atoms with E-state index in [0.717, 1.165) is 31.3 Å². The summed E-state index contributed by atoms with van der Waals surface area (Å²) in [5.41, 5.74) is 0.500. The van der Waals surface area contributed by atoms with Crippen molar-refractivity contribution in [3.8, 4) is 0 Å². The number of fused-ring (bicyclic) bond motifs is 1. The van der Waals surface area contributed by atoms with Gasteiger partial charge < -0.3 is 10.2 Å². The van der Waals surface area contributed by atoms with E-state index in [-0.39, 0.29) is 24.1 Å². The monoisotopic (exact) mass is 406 g/mol. The van der Waals surface area contributed by atoms with Crippen molar-refractivity contribution in [3.05, 3.63) is 58.4 Å². The van der Waals surface area contributed by atoms with Gasteiger partial charge in [-0.1, -0.05) is 18.2 Å². The Morgan fingerprint density at radius 3 is 2.73 bits per heavy atom. The number of hydrogen-bond donors (Lipinski definition) is 1. The Bertz CT molecular complexity index is 1120. The molecule has 30 heavy (non-hydrogen) atoms. The molecule has 0 aliphatic carbocycles. The van der Waals surface area contributed by atoms with Crippen LogP contribution in [0.15, 0.2) is 41.3 Å². The van der Waals surface area contributed by atoms with Gasteiger partial charge in [0.2, 0.25) is 5.91 Å². The first-order valence-corrected chi connectivity index (χ1v) is 10.4. The van der Waals surface area contributed by atoms with Crippen LogP contribution in [-0.2, 0) is 11.3 Å². The molecule has 156 valence electrons. The summed E-state index contributed by atoms with van der Waals surface area (Å²) < 4.78 is 1.40. The number of nitrogens with one attached hydrogen (secondary N) is 1. The van der Waals surface area contributed by atoms with Gasteiger partial charge in [-0.25, -0.2) is 14.6 Å². The van der Waals surface area contributed by atoms with Crippen molar-refractivity contribution in [1.82, 2.24) is 24.6 Å². The Kier molecular flexibility index (Phi) is 5.74. The number of piperidine rings is 1. The van der Waals surface area contributed by atoms with Gasteiger partial charge in [0.25, 0.3) is 5.56 Å². The van der Waals surface area contributed by atoms with E-state index in [0.29, 0.717) is 22.7 Å². The Balaban J connectivity index is 1.53. The summed E-state index contributed by atoms with van der Waals surface area (Å²) in [6, 6.07) is 8.77. The number of likely N-dealkylation sites (tertiary alicyclic amines) is 1. The molecule has 0 bridgehead atoms. The summed E-state index contributed by atoms with van der Waals surface area (Å²) >= 11 is 0. The number of anilines is 1. The van der Waals surface area contributed by atoms with E-state index in [2.05, 4.69) is 20.4 Å². The summed E-state index contributed by atoms with van der Waals surface area (Å²) in [4.78, 5) is 36.2. The molecule has 0 saturated carbocycles. The van der Waals surface area contributed by atoms with Crippen LogP contribution in [0.4, 0.5) is 5.82 Å². The Hall–Kier alpha value is -3.29. The average Bonchev–Trinajstić information content (AvgIpc) is 2.75. The first-order valence-electron chi connectivity index (χ1n) is 10.4. The Morgan fingerprint density at radius 2 is 1.93 bits per heavy atom. The minimum atomic E-state index is -0.383. The van der Waals surface area contributed by atoms with E-state index in [4.69, 9.17) is 0 Å². The van der Waals surface area contributed by atoms with E-state index in [1.54, 1.807) is 25.3 Å². The molecule has 1 aromatic carbocycles. The fraction of sp³-hybridized carbons (Fsp3) is 0.409. The number of rotatable bonds is 5. The van der Waals surface area contributed by atoms with Crippen LogP contribution in [0.5, 0.6) is 0 Å². The number of carbonyl (C=O) groups is 1. The molecule has 1 aliphatic rings. The second kappa shape index (κ2) is 8.61. The largest absolute Gasteiger partial charge is 0.359 e. The number of nitrogens with zero attached hydrogens (tertiary/aromatic N) is 5. The highest BCUT2D eigenvalue weighted by Crippen LogP contribution is 2.14. The summed E-state index contributed by atoms with van der Waals surface area (Å²) in [5.74, 6) is 1.23. The SMILES string of the molecule is Cc1nc(Cn2ncc3ccccc3c2=O)cc(NC(C)C(=O)N2CCCCC2)n1. The zero-order valence-electron chi connectivity index (χ0n) is 17.3. The molecule has 1 amide bonds. The smallest absolute Gasteiger partial charge is 0.274 e. The average molecular weight is 406 g/mol. The predicted octanol–water partition coefficient (Wildman–Crippen LogP) is 2.36. The number of aryl methyl sites for hydroxylation is 1. The molecule has 8 nitrogen and oxygen atoms in total. The summed E-state index contributed by atoms with van der Waals surface area (Å²) in [7, 11) is 0. The lowest BCUT2D eigenvalue weighted by atomic mass is 10.1.